The first-order valence-electron chi connectivity index (χ1n) is 7.06. The average molecular weight is 337 g/mol. The number of aromatic nitrogens is 1. The van der Waals surface area contributed by atoms with Gasteiger partial charge in [0.2, 0.25) is 6.29 Å². The molecule has 5 N–H and O–H groups in total. The number of benzene rings is 1. The van der Waals surface area contributed by atoms with Gasteiger partial charge in [-0.2, -0.15) is 0 Å². The van der Waals surface area contributed by atoms with E-state index in [-0.39, 0.29) is 17.0 Å². The lowest BCUT2D eigenvalue weighted by molar-refractivity contribution is -0.270. The zero-order chi connectivity index (χ0) is 17.4. The predicted molar refractivity (Wildman–Crippen MR) is 78.4 cm³/mol. The summed E-state index contributed by atoms with van der Waals surface area (Å²) >= 11 is 0. The highest BCUT2D eigenvalue weighted by Crippen LogP contribution is 2.32. The Labute approximate surface area is 135 Å². The first-order valence-corrected chi connectivity index (χ1v) is 7.06. The molecule has 0 aliphatic carbocycles. The summed E-state index contributed by atoms with van der Waals surface area (Å²) in [4.78, 5) is 15.1. The third-order valence-electron chi connectivity index (χ3n) is 3.77. The van der Waals surface area contributed by atoms with Gasteiger partial charge >= 0.3 is 5.97 Å². The van der Waals surface area contributed by atoms with Crippen molar-refractivity contribution in [2.45, 2.75) is 30.7 Å². The van der Waals surface area contributed by atoms with Gasteiger partial charge in [0, 0.05) is 11.6 Å². The minimum absolute atomic E-state index is 0.0815. The molecule has 9 nitrogen and oxygen atoms in total. The van der Waals surface area contributed by atoms with Crippen LogP contribution in [0.15, 0.2) is 30.5 Å². The molecule has 2 aromatic rings. The first kappa shape index (κ1) is 16.4. The van der Waals surface area contributed by atoms with Gasteiger partial charge in [-0.15, -0.1) is 0 Å². The van der Waals surface area contributed by atoms with Crippen LogP contribution in [0, 0.1) is 0 Å². The van der Waals surface area contributed by atoms with Crippen molar-refractivity contribution in [3.05, 3.63) is 30.5 Å². The molecule has 3 rings (SSSR count). The van der Waals surface area contributed by atoms with Crippen LogP contribution < -0.4 is 4.74 Å². The van der Waals surface area contributed by atoms with Crippen molar-refractivity contribution in [2.24, 2.45) is 0 Å². The molecule has 0 spiro atoms. The van der Waals surface area contributed by atoms with E-state index in [0.29, 0.717) is 5.39 Å². The molecule has 1 aliphatic rings. The summed E-state index contributed by atoms with van der Waals surface area (Å²) in [6.07, 6.45) is -7.16. The Balaban J connectivity index is 1.93. The fourth-order valence-corrected chi connectivity index (χ4v) is 2.51. The highest BCUT2D eigenvalue weighted by Gasteiger charge is 2.48. The van der Waals surface area contributed by atoms with E-state index < -0.39 is 36.7 Å². The highest BCUT2D eigenvalue weighted by molar-refractivity contribution is 5.89. The molecular weight excluding hydrogens is 322 g/mol. The van der Waals surface area contributed by atoms with Crippen LogP contribution in [0.4, 0.5) is 0 Å². The van der Waals surface area contributed by atoms with Crippen LogP contribution in [0.2, 0.25) is 0 Å². The zero-order valence-corrected chi connectivity index (χ0v) is 12.2. The number of aliphatic carboxylic acids is 1. The number of hydrogen-bond acceptors (Lipinski definition) is 8. The van der Waals surface area contributed by atoms with Crippen LogP contribution in [-0.4, -0.2) is 67.2 Å². The van der Waals surface area contributed by atoms with Gasteiger partial charge in [0.15, 0.2) is 6.10 Å². The zero-order valence-electron chi connectivity index (χ0n) is 12.2. The SMILES string of the molecule is O=C(O)[C@H]1O[C@@H](Oc2ccnc3c(O)cccc23)[C@H](O)[C@@H](O)[C@@H]1O. The fourth-order valence-electron chi connectivity index (χ4n) is 2.51. The van der Waals surface area contributed by atoms with Gasteiger partial charge < -0.3 is 35.0 Å². The predicted octanol–water partition coefficient (Wildman–Crippen LogP) is -0.789. The second-order valence-corrected chi connectivity index (χ2v) is 5.34. The summed E-state index contributed by atoms with van der Waals surface area (Å²) in [5.74, 6) is -1.42. The number of carbonyl (C=O) groups is 1. The number of aliphatic hydroxyl groups is 3. The van der Waals surface area contributed by atoms with Gasteiger partial charge in [0.1, 0.15) is 35.3 Å². The lowest BCUT2D eigenvalue weighted by Gasteiger charge is -2.38. The number of pyridine rings is 1. The number of phenols is 1. The first-order chi connectivity index (χ1) is 11.4. The fraction of sp³-hybridized carbons (Fsp3) is 0.333. The van der Waals surface area contributed by atoms with E-state index in [1.54, 1.807) is 12.1 Å². The third kappa shape index (κ3) is 2.74. The number of fused-ring (bicyclic) bond motifs is 1. The summed E-state index contributed by atoms with van der Waals surface area (Å²) in [6.45, 7) is 0. The topological polar surface area (TPSA) is 150 Å². The van der Waals surface area contributed by atoms with Crippen molar-refractivity contribution in [3.8, 4) is 11.5 Å². The number of carboxylic acids is 1. The molecule has 24 heavy (non-hydrogen) atoms. The highest BCUT2D eigenvalue weighted by atomic mass is 16.7. The van der Waals surface area contributed by atoms with Crippen LogP contribution in [0.5, 0.6) is 11.5 Å². The molecule has 1 saturated heterocycles. The Bertz CT molecular complexity index is 766. The van der Waals surface area contributed by atoms with E-state index in [1.165, 1.54) is 18.3 Å². The summed E-state index contributed by atoms with van der Waals surface area (Å²) in [6, 6.07) is 6.03. The minimum atomic E-state index is -1.80. The van der Waals surface area contributed by atoms with Gasteiger partial charge in [-0.05, 0) is 18.2 Å². The molecule has 5 atom stereocenters. The quantitative estimate of drug-likeness (QED) is 0.485. The maximum atomic E-state index is 11.1. The van der Waals surface area contributed by atoms with Gasteiger partial charge in [-0.1, -0.05) is 6.07 Å². The molecule has 1 aromatic heterocycles. The Hall–Kier alpha value is -2.46. The summed E-state index contributed by atoms with van der Waals surface area (Å²) < 4.78 is 10.5. The second-order valence-electron chi connectivity index (χ2n) is 5.34. The molecule has 0 unspecified atom stereocenters. The Morgan fingerprint density at radius 3 is 2.58 bits per heavy atom. The number of nitrogens with zero attached hydrogens (tertiary/aromatic N) is 1. The van der Waals surface area contributed by atoms with Crippen LogP contribution in [-0.2, 0) is 9.53 Å². The molecule has 9 heteroatoms. The Kier molecular flexibility index (Phi) is 4.24. The molecule has 1 aliphatic heterocycles. The van der Waals surface area contributed by atoms with Gasteiger partial charge in [-0.3, -0.25) is 4.98 Å². The molecule has 0 radical (unpaired) electrons. The number of phenolic OH excluding ortho intramolecular Hbond substituents is 1. The number of ether oxygens (including phenoxy) is 2. The molecular formula is C15H15NO8. The minimum Gasteiger partial charge on any atom is -0.506 e. The third-order valence-corrected chi connectivity index (χ3v) is 3.77. The number of para-hydroxylation sites is 1. The Morgan fingerprint density at radius 1 is 1.12 bits per heavy atom. The van der Waals surface area contributed by atoms with Crippen LogP contribution in [0.1, 0.15) is 0 Å². The van der Waals surface area contributed by atoms with E-state index >= 15 is 0 Å². The normalized spacial score (nSPS) is 30.2. The maximum absolute atomic E-state index is 11.1. The van der Waals surface area contributed by atoms with Crippen LogP contribution >= 0.6 is 0 Å². The van der Waals surface area contributed by atoms with Gasteiger partial charge in [0.25, 0.3) is 0 Å². The molecule has 2 heterocycles. The second kappa shape index (κ2) is 6.21. The van der Waals surface area contributed by atoms with E-state index in [2.05, 4.69) is 4.98 Å². The van der Waals surface area contributed by atoms with E-state index in [0.717, 1.165) is 0 Å². The van der Waals surface area contributed by atoms with Crippen LogP contribution in [0.3, 0.4) is 0 Å². The average Bonchev–Trinajstić information content (AvgIpc) is 2.56. The smallest absolute Gasteiger partial charge is 0.335 e. The number of carboxylic acid groups (broad SMARTS) is 1. The van der Waals surface area contributed by atoms with Gasteiger partial charge in [-0.25, -0.2) is 4.79 Å². The largest absolute Gasteiger partial charge is 0.506 e. The summed E-state index contributed by atoms with van der Waals surface area (Å²) in [5.41, 5.74) is 0.246. The van der Waals surface area contributed by atoms with Crippen molar-refractivity contribution >= 4 is 16.9 Å². The molecule has 1 aromatic carbocycles. The standard InChI is InChI=1S/C15H15NO8/c17-7-3-1-2-6-8(4-5-16-9(6)7)23-15-12(20)10(18)11(19)13(24-15)14(21)22/h1-5,10-13,15,17-20H,(H,21,22)/t10-,11-,12+,13-,15+/m0/s1. The van der Waals surface area contributed by atoms with Crippen molar-refractivity contribution < 1.29 is 39.8 Å². The summed E-state index contributed by atoms with van der Waals surface area (Å²) in [7, 11) is 0. The van der Waals surface area contributed by atoms with Crippen LogP contribution in [0.25, 0.3) is 10.9 Å². The lowest BCUT2D eigenvalue weighted by Crippen LogP contribution is -2.61. The van der Waals surface area contributed by atoms with E-state index in [1.807, 2.05) is 0 Å². The lowest BCUT2D eigenvalue weighted by atomic mass is 9.99. The summed E-state index contributed by atoms with van der Waals surface area (Å²) in [5, 5.41) is 48.7. The number of aromatic hydroxyl groups is 1. The Morgan fingerprint density at radius 2 is 1.88 bits per heavy atom. The number of rotatable bonds is 3. The van der Waals surface area contributed by atoms with Crippen molar-refractivity contribution in [1.29, 1.82) is 0 Å². The monoisotopic (exact) mass is 337 g/mol. The number of hydrogen-bond donors (Lipinski definition) is 5. The molecule has 128 valence electrons. The van der Waals surface area contributed by atoms with Crippen molar-refractivity contribution in [3.63, 3.8) is 0 Å². The van der Waals surface area contributed by atoms with Crippen molar-refractivity contribution in [1.82, 2.24) is 4.98 Å². The van der Waals surface area contributed by atoms with Crippen molar-refractivity contribution in [2.75, 3.05) is 0 Å². The molecule has 0 amide bonds. The van der Waals surface area contributed by atoms with E-state index in [9.17, 15) is 25.2 Å². The van der Waals surface area contributed by atoms with Gasteiger partial charge in [0.05, 0.1) is 0 Å². The molecule has 0 bridgehead atoms. The molecule has 0 saturated carbocycles. The van der Waals surface area contributed by atoms with E-state index in [4.69, 9.17) is 14.6 Å². The number of aliphatic hydroxyl groups excluding tert-OH is 3. The maximum Gasteiger partial charge on any atom is 0.335 e. The molecule has 1 fully saturated rings.